The van der Waals surface area contributed by atoms with E-state index in [4.69, 9.17) is 5.84 Å². The van der Waals surface area contributed by atoms with Crippen LogP contribution in [0, 0.1) is 0 Å². The second kappa shape index (κ2) is 6.49. The van der Waals surface area contributed by atoms with Crippen molar-refractivity contribution in [3.05, 3.63) is 46.3 Å². The summed E-state index contributed by atoms with van der Waals surface area (Å²) in [5.41, 5.74) is 3.02. The molecule has 3 N–H and O–H groups in total. The normalized spacial score (nSPS) is 11.9. The molecule has 2 aromatic heterocycles. The summed E-state index contributed by atoms with van der Waals surface area (Å²) in [6.45, 7) is 2.04. The second-order valence-electron chi connectivity index (χ2n) is 4.62. The number of rotatable bonds is 5. The number of carbonyl (C=O) groups excluding carboxylic acids is 1. The SMILES string of the molecule is CC(Cc1cccs1)N(C)C(=O)c1ccnc(NN)c1. The highest BCUT2D eigenvalue weighted by Crippen LogP contribution is 2.16. The molecule has 0 aliphatic carbocycles. The van der Waals surface area contributed by atoms with E-state index < -0.39 is 0 Å². The molecule has 0 aromatic carbocycles. The average Bonchev–Trinajstić information content (AvgIpc) is 2.98. The largest absolute Gasteiger partial charge is 0.339 e. The van der Waals surface area contributed by atoms with Crippen LogP contribution < -0.4 is 11.3 Å². The van der Waals surface area contributed by atoms with Crippen molar-refractivity contribution in [2.24, 2.45) is 5.84 Å². The Labute approximate surface area is 122 Å². The van der Waals surface area contributed by atoms with Crippen molar-refractivity contribution < 1.29 is 4.79 Å². The number of thiophene rings is 1. The summed E-state index contributed by atoms with van der Waals surface area (Å²) in [5.74, 6) is 5.76. The number of hydrazine groups is 1. The fourth-order valence-corrected chi connectivity index (χ4v) is 2.73. The number of nitrogens with two attached hydrogens (primary N) is 1. The third-order valence-electron chi connectivity index (χ3n) is 3.21. The van der Waals surface area contributed by atoms with Crippen LogP contribution in [0.5, 0.6) is 0 Å². The number of hydrogen-bond acceptors (Lipinski definition) is 5. The summed E-state index contributed by atoms with van der Waals surface area (Å²) >= 11 is 1.71. The number of hydrogen-bond donors (Lipinski definition) is 2. The average molecular weight is 290 g/mol. The van der Waals surface area contributed by atoms with Gasteiger partial charge in [-0.1, -0.05) is 6.07 Å². The molecule has 0 spiro atoms. The highest BCUT2D eigenvalue weighted by molar-refractivity contribution is 7.09. The first kappa shape index (κ1) is 14.5. The van der Waals surface area contributed by atoms with Crippen molar-refractivity contribution in [1.29, 1.82) is 0 Å². The molecule has 1 amide bonds. The van der Waals surface area contributed by atoms with Gasteiger partial charge in [-0.15, -0.1) is 11.3 Å². The van der Waals surface area contributed by atoms with E-state index in [1.807, 2.05) is 25.4 Å². The van der Waals surface area contributed by atoms with Crippen LogP contribution in [-0.2, 0) is 6.42 Å². The van der Waals surface area contributed by atoms with Crippen molar-refractivity contribution in [1.82, 2.24) is 9.88 Å². The Morgan fingerprint density at radius 2 is 2.35 bits per heavy atom. The van der Waals surface area contributed by atoms with Gasteiger partial charge in [0.25, 0.3) is 5.91 Å². The topological polar surface area (TPSA) is 71.2 Å². The first-order chi connectivity index (χ1) is 9.61. The van der Waals surface area contributed by atoms with Gasteiger partial charge in [-0.2, -0.15) is 0 Å². The molecular weight excluding hydrogens is 272 g/mol. The van der Waals surface area contributed by atoms with Crippen molar-refractivity contribution in [3.63, 3.8) is 0 Å². The molecule has 0 radical (unpaired) electrons. The molecule has 1 unspecified atom stereocenters. The van der Waals surface area contributed by atoms with Crippen LogP contribution in [0.1, 0.15) is 22.2 Å². The van der Waals surface area contributed by atoms with Gasteiger partial charge in [0, 0.05) is 36.1 Å². The van der Waals surface area contributed by atoms with Gasteiger partial charge >= 0.3 is 0 Å². The first-order valence-corrected chi connectivity index (χ1v) is 7.22. The molecular formula is C14H18N4OS. The Morgan fingerprint density at radius 3 is 3.00 bits per heavy atom. The van der Waals surface area contributed by atoms with Crippen molar-refractivity contribution in [3.8, 4) is 0 Å². The third-order valence-corrected chi connectivity index (χ3v) is 4.11. The minimum atomic E-state index is -0.0343. The molecule has 0 bridgehead atoms. The Morgan fingerprint density at radius 1 is 1.55 bits per heavy atom. The van der Waals surface area contributed by atoms with Crippen molar-refractivity contribution in [2.45, 2.75) is 19.4 Å². The number of aromatic nitrogens is 1. The maximum Gasteiger partial charge on any atom is 0.254 e. The summed E-state index contributed by atoms with van der Waals surface area (Å²) < 4.78 is 0. The summed E-state index contributed by atoms with van der Waals surface area (Å²) in [6.07, 6.45) is 2.42. The van der Waals surface area contributed by atoms with Crippen LogP contribution >= 0.6 is 11.3 Å². The van der Waals surface area contributed by atoms with Gasteiger partial charge in [0.1, 0.15) is 5.82 Å². The lowest BCUT2D eigenvalue weighted by atomic mass is 10.1. The Bertz CT molecular complexity index is 570. The van der Waals surface area contributed by atoms with E-state index >= 15 is 0 Å². The molecule has 2 aromatic rings. The van der Waals surface area contributed by atoms with Crippen LogP contribution in [-0.4, -0.2) is 28.9 Å². The van der Waals surface area contributed by atoms with Crippen LogP contribution in [0.4, 0.5) is 5.82 Å². The minimum absolute atomic E-state index is 0.0343. The maximum atomic E-state index is 12.4. The molecule has 106 valence electrons. The zero-order valence-electron chi connectivity index (χ0n) is 11.5. The van der Waals surface area contributed by atoms with Gasteiger partial charge in [0.2, 0.25) is 0 Å². The maximum absolute atomic E-state index is 12.4. The number of anilines is 1. The van der Waals surface area contributed by atoms with Gasteiger partial charge in [0.05, 0.1) is 0 Å². The van der Waals surface area contributed by atoms with Gasteiger partial charge in [-0.05, 0) is 30.5 Å². The van der Waals surface area contributed by atoms with Gasteiger partial charge in [-0.3, -0.25) is 4.79 Å². The fraction of sp³-hybridized carbons (Fsp3) is 0.286. The predicted molar refractivity (Wildman–Crippen MR) is 81.6 cm³/mol. The first-order valence-electron chi connectivity index (χ1n) is 6.34. The molecule has 20 heavy (non-hydrogen) atoms. The number of likely N-dealkylation sites (N-methyl/N-ethyl adjacent to an activating group) is 1. The number of pyridine rings is 1. The quantitative estimate of drug-likeness (QED) is 0.653. The lowest BCUT2D eigenvalue weighted by Crippen LogP contribution is -2.36. The third kappa shape index (κ3) is 3.34. The number of nitrogens with zero attached hydrogens (tertiary/aromatic N) is 2. The minimum Gasteiger partial charge on any atom is -0.339 e. The van der Waals surface area contributed by atoms with Gasteiger partial charge < -0.3 is 10.3 Å². The summed E-state index contributed by atoms with van der Waals surface area (Å²) in [6, 6.07) is 7.58. The Hall–Kier alpha value is -1.92. The predicted octanol–water partition coefficient (Wildman–Crippen LogP) is 2.13. The number of nitrogen functional groups attached to an aromatic ring is 1. The van der Waals surface area contributed by atoms with E-state index in [2.05, 4.69) is 16.5 Å². The lowest BCUT2D eigenvalue weighted by Gasteiger charge is -2.24. The smallest absolute Gasteiger partial charge is 0.254 e. The zero-order valence-corrected chi connectivity index (χ0v) is 12.4. The van der Waals surface area contributed by atoms with Crippen LogP contribution in [0.25, 0.3) is 0 Å². The van der Waals surface area contributed by atoms with E-state index in [0.29, 0.717) is 11.4 Å². The Kier molecular flexibility index (Phi) is 4.70. The summed E-state index contributed by atoms with van der Waals surface area (Å²) in [7, 11) is 1.82. The summed E-state index contributed by atoms with van der Waals surface area (Å²) in [5, 5.41) is 2.05. The van der Waals surface area contributed by atoms with Crippen molar-refractivity contribution >= 4 is 23.1 Å². The van der Waals surface area contributed by atoms with Crippen LogP contribution in [0.3, 0.4) is 0 Å². The molecule has 6 heteroatoms. The molecule has 0 aliphatic rings. The number of carbonyl (C=O) groups is 1. The highest BCUT2D eigenvalue weighted by atomic mass is 32.1. The molecule has 0 aliphatic heterocycles. The van der Waals surface area contributed by atoms with E-state index in [1.165, 1.54) is 4.88 Å². The number of amides is 1. The molecule has 5 nitrogen and oxygen atoms in total. The van der Waals surface area contributed by atoms with Crippen LogP contribution in [0.2, 0.25) is 0 Å². The van der Waals surface area contributed by atoms with E-state index in [1.54, 1.807) is 34.6 Å². The molecule has 2 rings (SSSR count). The van der Waals surface area contributed by atoms with E-state index in [0.717, 1.165) is 6.42 Å². The standard InChI is InChI=1S/C14H18N4OS/c1-10(8-12-4-3-7-20-12)18(2)14(19)11-5-6-16-13(9-11)17-15/h3-7,9-10H,8,15H2,1-2H3,(H,16,17). The monoisotopic (exact) mass is 290 g/mol. The zero-order chi connectivity index (χ0) is 14.5. The Balaban J connectivity index is 2.07. The van der Waals surface area contributed by atoms with Crippen molar-refractivity contribution in [2.75, 3.05) is 12.5 Å². The summed E-state index contributed by atoms with van der Waals surface area (Å²) in [4.78, 5) is 19.4. The van der Waals surface area contributed by atoms with Gasteiger partial charge in [-0.25, -0.2) is 10.8 Å². The van der Waals surface area contributed by atoms with E-state index in [-0.39, 0.29) is 11.9 Å². The second-order valence-corrected chi connectivity index (χ2v) is 5.65. The molecule has 1 atom stereocenters. The molecule has 0 saturated carbocycles. The van der Waals surface area contributed by atoms with Gasteiger partial charge in [0.15, 0.2) is 0 Å². The fourth-order valence-electron chi connectivity index (χ4n) is 1.90. The molecule has 2 heterocycles. The lowest BCUT2D eigenvalue weighted by molar-refractivity contribution is 0.0744. The molecule has 0 fully saturated rings. The molecule has 0 saturated heterocycles. The van der Waals surface area contributed by atoms with Crippen LogP contribution in [0.15, 0.2) is 35.8 Å². The van der Waals surface area contributed by atoms with E-state index in [9.17, 15) is 4.79 Å². The highest BCUT2D eigenvalue weighted by Gasteiger charge is 2.18. The number of nitrogens with one attached hydrogen (secondary N) is 1.